The highest BCUT2D eigenvalue weighted by Gasteiger charge is 2.32. The highest BCUT2D eigenvalue weighted by Crippen LogP contribution is 2.44. The van der Waals surface area contributed by atoms with Gasteiger partial charge in [-0.15, -0.1) is 0 Å². The lowest BCUT2D eigenvalue weighted by molar-refractivity contribution is 0.100. The van der Waals surface area contributed by atoms with Gasteiger partial charge in [-0.2, -0.15) is 5.10 Å². The van der Waals surface area contributed by atoms with Crippen molar-refractivity contribution in [3.8, 4) is 23.0 Å². The van der Waals surface area contributed by atoms with Gasteiger partial charge in [-0.1, -0.05) is 0 Å². The molecule has 0 unspecified atom stereocenters. The maximum atomic E-state index is 14.9. The van der Waals surface area contributed by atoms with Gasteiger partial charge in [0.05, 0.1) is 37.7 Å². The minimum atomic E-state index is -0.704. The van der Waals surface area contributed by atoms with Gasteiger partial charge in [0.2, 0.25) is 0 Å². The summed E-state index contributed by atoms with van der Waals surface area (Å²) in [5.74, 6) is -0.822. The number of nitrogens with two attached hydrogens (primary N) is 1. The highest BCUT2D eigenvalue weighted by atomic mass is 19.1. The first-order chi connectivity index (χ1) is 18.8. The van der Waals surface area contributed by atoms with Crippen molar-refractivity contribution >= 4 is 17.4 Å². The fourth-order valence-corrected chi connectivity index (χ4v) is 4.45. The summed E-state index contributed by atoms with van der Waals surface area (Å²) in [7, 11) is 1.47. The molecule has 1 fully saturated rings. The monoisotopic (exact) mass is 535 g/mol. The first-order valence-corrected chi connectivity index (χ1v) is 12.4. The molecule has 0 saturated heterocycles. The number of hydrogen-bond acceptors (Lipinski definition) is 8. The van der Waals surface area contributed by atoms with Gasteiger partial charge in [-0.3, -0.25) is 14.5 Å². The van der Waals surface area contributed by atoms with Crippen LogP contribution >= 0.6 is 0 Å². The number of methoxy groups -OCH3 is 1. The lowest BCUT2D eigenvalue weighted by Crippen LogP contribution is -2.14. The van der Waals surface area contributed by atoms with E-state index in [1.54, 1.807) is 17.7 Å². The van der Waals surface area contributed by atoms with Crippen LogP contribution in [0.4, 0.5) is 20.3 Å². The van der Waals surface area contributed by atoms with Gasteiger partial charge < -0.3 is 20.5 Å². The van der Waals surface area contributed by atoms with Crippen molar-refractivity contribution in [1.29, 1.82) is 0 Å². The van der Waals surface area contributed by atoms with Gasteiger partial charge in [0, 0.05) is 47.3 Å². The Balaban J connectivity index is 1.54. The van der Waals surface area contributed by atoms with Crippen molar-refractivity contribution in [3.05, 3.63) is 70.8 Å². The first kappa shape index (κ1) is 26.0. The zero-order valence-electron chi connectivity index (χ0n) is 21.7. The summed E-state index contributed by atoms with van der Waals surface area (Å²) >= 11 is 0. The molecule has 3 aromatic heterocycles. The molecule has 12 heteroatoms. The predicted molar refractivity (Wildman–Crippen MR) is 139 cm³/mol. The number of pyridine rings is 1. The zero-order valence-corrected chi connectivity index (χ0v) is 21.7. The summed E-state index contributed by atoms with van der Waals surface area (Å²) in [6.07, 6.45) is 6.25. The number of benzene rings is 1. The van der Waals surface area contributed by atoms with Crippen LogP contribution < -0.4 is 20.5 Å². The lowest BCUT2D eigenvalue weighted by Gasteiger charge is -2.12. The van der Waals surface area contributed by atoms with Crippen molar-refractivity contribution in [3.63, 3.8) is 0 Å². The molecular formula is C27H27F2N7O3. The Hall–Kier alpha value is -4.61. The molecule has 10 nitrogen and oxygen atoms in total. The number of carbonyl (C=O) groups is 1. The van der Waals surface area contributed by atoms with Crippen molar-refractivity contribution in [2.75, 3.05) is 19.0 Å². The summed E-state index contributed by atoms with van der Waals surface area (Å²) in [5.41, 5.74) is 8.12. The molecule has 1 aromatic carbocycles. The number of nitrogens with one attached hydrogen (secondary N) is 1. The van der Waals surface area contributed by atoms with Gasteiger partial charge in [-0.25, -0.2) is 18.7 Å². The average Bonchev–Trinajstić information content (AvgIpc) is 3.69. The number of ether oxygens (including phenoxy) is 2. The molecule has 202 valence electrons. The van der Waals surface area contributed by atoms with E-state index in [-0.39, 0.29) is 41.0 Å². The topological polar surface area (TPSA) is 130 Å². The molecule has 1 saturated carbocycles. The van der Waals surface area contributed by atoms with E-state index in [4.69, 9.17) is 20.3 Å². The van der Waals surface area contributed by atoms with E-state index in [2.05, 4.69) is 20.3 Å². The normalized spacial score (nSPS) is 12.8. The third kappa shape index (κ3) is 5.22. The van der Waals surface area contributed by atoms with Crippen LogP contribution in [0.5, 0.6) is 11.5 Å². The molecule has 4 aromatic rings. The van der Waals surface area contributed by atoms with E-state index in [1.807, 2.05) is 6.92 Å². The van der Waals surface area contributed by atoms with E-state index < -0.39 is 17.5 Å². The van der Waals surface area contributed by atoms with Crippen LogP contribution in [0, 0.1) is 18.6 Å². The number of aromatic nitrogens is 5. The van der Waals surface area contributed by atoms with Gasteiger partial charge >= 0.3 is 0 Å². The minimum absolute atomic E-state index is 0.100. The molecule has 0 aliphatic heterocycles. The lowest BCUT2D eigenvalue weighted by atomic mass is 10.1. The Morgan fingerprint density at radius 3 is 2.62 bits per heavy atom. The van der Waals surface area contributed by atoms with E-state index in [0.29, 0.717) is 23.7 Å². The highest BCUT2D eigenvalue weighted by molar-refractivity contribution is 5.98. The van der Waals surface area contributed by atoms with Crippen molar-refractivity contribution in [2.24, 2.45) is 5.73 Å². The quantitative estimate of drug-likeness (QED) is 0.304. The van der Waals surface area contributed by atoms with Crippen LogP contribution in [0.3, 0.4) is 0 Å². The second-order valence-electron chi connectivity index (χ2n) is 9.11. The standard InChI is InChI=1S/C27H27F2N7O3/c1-4-39-16-9-19(28)18(20(29)10-16)13-36-24(15-5-6-15)14(2)23(35-36)27-32-12-22(38-3)26(34-27)33-21-7-8-31-11-17(21)25(30)37/h7-12,15H,4-6,13H2,1-3H3,(H2,30,37)(H,31,32,33,34). The van der Waals surface area contributed by atoms with Gasteiger partial charge in [0.25, 0.3) is 5.91 Å². The van der Waals surface area contributed by atoms with Crippen LogP contribution in [0.1, 0.15) is 52.9 Å². The third-order valence-corrected chi connectivity index (χ3v) is 6.46. The summed E-state index contributed by atoms with van der Waals surface area (Å²) < 4.78 is 42.1. The summed E-state index contributed by atoms with van der Waals surface area (Å²) in [6, 6.07) is 3.95. The van der Waals surface area contributed by atoms with Crippen LogP contribution in [0.15, 0.2) is 36.8 Å². The smallest absolute Gasteiger partial charge is 0.252 e. The minimum Gasteiger partial charge on any atom is -0.494 e. The van der Waals surface area contributed by atoms with Crippen LogP contribution in [-0.4, -0.2) is 44.4 Å². The number of carbonyl (C=O) groups excluding carboxylic acids is 1. The second-order valence-corrected chi connectivity index (χ2v) is 9.11. The van der Waals surface area contributed by atoms with Crippen molar-refractivity contribution < 1.29 is 23.0 Å². The Kier molecular flexibility index (Phi) is 7.09. The Morgan fingerprint density at radius 2 is 1.97 bits per heavy atom. The number of halogens is 2. The average molecular weight is 536 g/mol. The second kappa shape index (κ2) is 10.6. The number of nitrogens with zero attached hydrogens (tertiary/aromatic N) is 5. The first-order valence-electron chi connectivity index (χ1n) is 12.4. The molecular weight excluding hydrogens is 508 g/mol. The fraction of sp³-hybridized carbons (Fsp3) is 0.296. The van der Waals surface area contributed by atoms with E-state index >= 15 is 0 Å². The van der Waals surface area contributed by atoms with Crippen molar-refractivity contribution in [1.82, 2.24) is 24.7 Å². The Bertz CT molecular complexity index is 1530. The Morgan fingerprint density at radius 1 is 1.23 bits per heavy atom. The predicted octanol–water partition coefficient (Wildman–Crippen LogP) is 4.50. The van der Waals surface area contributed by atoms with E-state index in [1.165, 1.54) is 37.8 Å². The van der Waals surface area contributed by atoms with Gasteiger partial charge in [0.15, 0.2) is 17.4 Å². The Labute approximate surface area is 223 Å². The SMILES string of the molecule is CCOc1cc(F)c(Cn2nc(-c3ncc(OC)c(Nc4ccncc4C(N)=O)n3)c(C)c2C2CC2)c(F)c1. The molecule has 39 heavy (non-hydrogen) atoms. The molecule has 5 rings (SSSR count). The van der Waals surface area contributed by atoms with Gasteiger partial charge in [-0.05, 0) is 32.8 Å². The number of anilines is 2. The molecule has 3 N–H and O–H groups in total. The largest absolute Gasteiger partial charge is 0.494 e. The van der Waals surface area contributed by atoms with E-state index in [0.717, 1.165) is 24.1 Å². The number of primary amides is 1. The molecule has 1 amide bonds. The summed E-state index contributed by atoms with van der Waals surface area (Å²) in [4.78, 5) is 24.9. The summed E-state index contributed by atoms with van der Waals surface area (Å²) in [6.45, 7) is 3.84. The molecule has 1 aliphatic carbocycles. The third-order valence-electron chi connectivity index (χ3n) is 6.46. The summed E-state index contributed by atoms with van der Waals surface area (Å²) in [5, 5.41) is 7.77. The molecule has 1 aliphatic rings. The van der Waals surface area contributed by atoms with E-state index in [9.17, 15) is 13.6 Å². The van der Waals surface area contributed by atoms with Gasteiger partial charge in [0.1, 0.15) is 23.1 Å². The van der Waals surface area contributed by atoms with Crippen molar-refractivity contribution in [2.45, 2.75) is 39.2 Å². The van der Waals surface area contributed by atoms with Crippen LogP contribution in [0.2, 0.25) is 0 Å². The molecule has 0 bridgehead atoms. The zero-order chi connectivity index (χ0) is 27.7. The number of hydrogen-bond donors (Lipinski definition) is 2. The maximum Gasteiger partial charge on any atom is 0.252 e. The fourth-order valence-electron chi connectivity index (χ4n) is 4.45. The molecule has 3 heterocycles. The maximum absolute atomic E-state index is 14.9. The number of rotatable bonds is 10. The molecule has 0 spiro atoms. The molecule has 0 radical (unpaired) electrons. The van der Waals surface area contributed by atoms with Crippen LogP contribution in [-0.2, 0) is 6.54 Å². The molecule has 0 atom stereocenters. The number of amides is 1. The van der Waals surface area contributed by atoms with Crippen LogP contribution in [0.25, 0.3) is 11.5 Å².